The molecule has 1 amide bonds. The molecule has 0 spiro atoms. The van der Waals surface area contributed by atoms with Gasteiger partial charge in [-0.2, -0.15) is 0 Å². The average Bonchev–Trinajstić information content (AvgIpc) is 3.18. The lowest BCUT2D eigenvalue weighted by atomic mass is 9.58. The second-order valence-corrected chi connectivity index (χ2v) is 10.5. The molecule has 3 atom stereocenters. The maximum absolute atomic E-state index is 12.6. The van der Waals surface area contributed by atoms with Crippen molar-refractivity contribution in [3.63, 3.8) is 0 Å². The molecule has 1 aliphatic carbocycles. The van der Waals surface area contributed by atoms with Gasteiger partial charge in [-0.15, -0.1) is 17.9 Å². The highest BCUT2D eigenvalue weighted by molar-refractivity contribution is 9.10. The molecule has 1 aliphatic heterocycles. The number of halogens is 1. The number of hydrogen-bond acceptors (Lipinski definition) is 4. The number of carbonyl (C=O) groups excluding carboxylic acids is 1. The van der Waals surface area contributed by atoms with Gasteiger partial charge in [0.2, 0.25) is 5.91 Å². The predicted octanol–water partition coefficient (Wildman–Crippen LogP) is 5.34. The van der Waals surface area contributed by atoms with Gasteiger partial charge in [0.1, 0.15) is 5.75 Å². The molecule has 1 saturated heterocycles. The van der Waals surface area contributed by atoms with Crippen LogP contribution in [0.5, 0.6) is 5.75 Å². The molecule has 4 nitrogen and oxygen atoms in total. The van der Waals surface area contributed by atoms with Crippen molar-refractivity contribution in [3.05, 3.63) is 69.4 Å². The zero-order valence-electron chi connectivity index (χ0n) is 17.6. The fourth-order valence-electron chi connectivity index (χ4n) is 5.33. The van der Waals surface area contributed by atoms with Gasteiger partial charge < -0.3 is 10.4 Å². The Morgan fingerprint density at radius 3 is 3.00 bits per heavy atom. The van der Waals surface area contributed by atoms with Crippen LogP contribution in [0.2, 0.25) is 0 Å². The SMILES string of the molecule is C=CCN1CC[C@@]2(c3cccc(O)c3)C[C@@H](NC(=O)C=Cc3cc(Br)cs3)CC[C@@H]2C1. The van der Waals surface area contributed by atoms with Gasteiger partial charge in [0.25, 0.3) is 0 Å². The van der Waals surface area contributed by atoms with Crippen LogP contribution in [-0.4, -0.2) is 41.6 Å². The summed E-state index contributed by atoms with van der Waals surface area (Å²) in [6.45, 7) is 6.86. The first-order valence-corrected chi connectivity index (χ1v) is 12.5. The highest BCUT2D eigenvalue weighted by Crippen LogP contribution is 2.49. The highest BCUT2D eigenvalue weighted by Gasteiger charge is 2.48. The quantitative estimate of drug-likeness (QED) is 0.415. The molecular weight excluding hydrogens is 472 g/mol. The standard InChI is InChI=1S/C25H29BrN2O2S/c1-2-11-28-12-10-25(18-4-3-5-22(29)13-18)15-21(7-6-19(25)16-28)27-24(30)9-8-23-14-20(26)17-31-23/h2-5,8-9,13-14,17,19,21,29H,1,6-7,10-12,15-16H2,(H,27,30)/t19-,21+,25+/m1/s1. The zero-order chi connectivity index (χ0) is 21.8. The van der Waals surface area contributed by atoms with E-state index in [2.05, 4.69) is 38.8 Å². The van der Waals surface area contributed by atoms with Gasteiger partial charge in [0, 0.05) is 45.4 Å². The largest absolute Gasteiger partial charge is 0.508 e. The predicted molar refractivity (Wildman–Crippen MR) is 131 cm³/mol. The average molecular weight is 501 g/mol. The summed E-state index contributed by atoms with van der Waals surface area (Å²) < 4.78 is 1.03. The Morgan fingerprint density at radius 2 is 2.26 bits per heavy atom. The van der Waals surface area contributed by atoms with Crippen molar-refractivity contribution >= 4 is 39.2 Å². The number of carbonyl (C=O) groups is 1. The number of likely N-dealkylation sites (tertiary alicyclic amines) is 1. The molecule has 1 saturated carbocycles. The van der Waals surface area contributed by atoms with Crippen LogP contribution in [-0.2, 0) is 10.2 Å². The van der Waals surface area contributed by atoms with Crippen molar-refractivity contribution in [2.75, 3.05) is 19.6 Å². The van der Waals surface area contributed by atoms with Crippen LogP contribution >= 0.6 is 27.3 Å². The van der Waals surface area contributed by atoms with Gasteiger partial charge in [-0.3, -0.25) is 9.69 Å². The molecule has 2 N–H and O–H groups in total. The number of rotatable bonds is 6. The zero-order valence-corrected chi connectivity index (χ0v) is 20.0. The second-order valence-electron chi connectivity index (χ2n) is 8.69. The number of amides is 1. The number of benzene rings is 1. The third-order valence-corrected chi connectivity index (χ3v) is 8.41. The van der Waals surface area contributed by atoms with Crippen molar-refractivity contribution in [2.45, 2.75) is 37.1 Å². The van der Waals surface area contributed by atoms with E-state index < -0.39 is 0 Å². The monoisotopic (exact) mass is 500 g/mol. The Kier molecular flexibility index (Phi) is 6.99. The van der Waals surface area contributed by atoms with Gasteiger partial charge in [-0.05, 0) is 83.9 Å². The lowest BCUT2D eigenvalue weighted by Crippen LogP contribution is -2.56. The van der Waals surface area contributed by atoms with Crippen molar-refractivity contribution in [1.29, 1.82) is 0 Å². The van der Waals surface area contributed by atoms with Crippen molar-refractivity contribution in [3.8, 4) is 5.75 Å². The van der Waals surface area contributed by atoms with E-state index in [1.165, 1.54) is 5.56 Å². The minimum absolute atomic E-state index is 0.0189. The molecular formula is C25H29BrN2O2S. The minimum Gasteiger partial charge on any atom is -0.508 e. The van der Waals surface area contributed by atoms with E-state index >= 15 is 0 Å². The summed E-state index contributed by atoms with van der Waals surface area (Å²) >= 11 is 5.05. The topological polar surface area (TPSA) is 52.6 Å². The van der Waals surface area contributed by atoms with E-state index in [9.17, 15) is 9.90 Å². The Balaban J connectivity index is 1.51. The van der Waals surface area contributed by atoms with Gasteiger partial charge in [-0.25, -0.2) is 0 Å². The summed E-state index contributed by atoms with van der Waals surface area (Å²) in [4.78, 5) is 16.1. The number of nitrogens with one attached hydrogen (secondary N) is 1. The van der Waals surface area contributed by atoms with Gasteiger partial charge in [0.15, 0.2) is 0 Å². The molecule has 164 valence electrons. The normalized spacial score (nSPS) is 26.5. The summed E-state index contributed by atoms with van der Waals surface area (Å²) in [5.74, 6) is 0.786. The number of phenols is 1. The van der Waals surface area contributed by atoms with Crippen LogP contribution in [0.25, 0.3) is 6.08 Å². The van der Waals surface area contributed by atoms with Crippen molar-refractivity contribution in [2.24, 2.45) is 5.92 Å². The molecule has 0 radical (unpaired) electrons. The number of phenolic OH excluding ortho intramolecular Hbond substituents is 1. The minimum atomic E-state index is -0.0388. The third kappa shape index (κ3) is 5.13. The van der Waals surface area contributed by atoms with E-state index in [4.69, 9.17) is 0 Å². The smallest absolute Gasteiger partial charge is 0.244 e. The Labute approximate surface area is 196 Å². The van der Waals surface area contributed by atoms with E-state index in [-0.39, 0.29) is 17.4 Å². The molecule has 2 fully saturated rings. The molecule has 1 aromatic carbocycles. The second kappa shape index (κ2) is 9.72. The molecule has 4 rings (SSSR count). The molecule has 31 heavy (non-hydrogen) atoms. The first-order chi connectivity index (χ1) is 15.0. The van der Waals surface area contributed by atoms with Gasteiger partial charge in [-0.1, -0.05) is 18.2 Å². The molecule has 0 unspecified atom stereocenters. The summed E-state index contributed by atoms with van der Waals surface area (Å²) in [5.41, 5.74) is 1.18. The van der Waals surface area contributed by atoms with Gasteiger partial charge >= 0.3 is 0 Å². The first-order valence-electron chi connectivity index (χ1n) is 10.8. The first kappa shape index (κ1) is 22.3. The number of fused-ring (bicyclic) bond motifs is 1. The van der Waals surface area contributed by atoms with Crippen LogP contribution in [0.4, 0.5) is 0 Å². The van der Waals surface area contributed by atoms with Crippen molar-refractivity contribution < 1.29 is 9.90 Å². The molecule has 1 aromatic heterocycles. The maximum Gasteiger partial charge on any atom is 0.244 e. The van der Waals surface area contributed by atoms with E-state index in [0.717, 1.165) is 54.7 Å². The lowest BCUT2D eigenvalue weighted by molar-refractivity contribution is -0.117. The van der Waals surface area contributed by atoms with E-state index in [1.807, 2.05) is 35.7 Å². The molecule has 2 aromatic rings. The van der Waals surface area contributed by atoms with Crippen LogP contribution in [0, 0.1) is 5.92 Å². The number of hydrogen-bond donors (Lipinski definition) is 2. The fourth-order valence-corrected chi connectivity index (χ4v) is 6.66. The summed E-state index contributed by atoms with van der Waals surface area (Å²) in [7, 11) is 0. The molecule has 6 heteroatoms. The number of aromatic hydroxyl groups is 1. The van der Waals surface area contributed by atoms with Crippen LogP contribution in [0.15, 0.2) is 58.9 Å². The summed E-state index contributed by atoms with van der Waals surface area (Å²) in [5, 5.41) is 15.4. The van der Waals surface area contributed by atoms with Crippen LogP contribution in [0.3, 0.4) is 0 Å². The van der Waals surface area contributed by atoms with E-state index in [1.54, 1.807) is 23.5 Å². The Morgan fingerprint density at radius 1 is 1.39 bits per heavy atom. The number of piperidine rings is 1. The highest BCUT2D eigenvalue weighted by atomic mass is 79.9. The number of thiophene rings is 1. The van der Waals surface area contributed by atoms with E-state index in [0.29, 0.717) is 11.7 Å². The summed E-state index contributed by atoms with van der Waals surface area (Å²) in [6, 6.07) is 9.89. The summed E-state index contributed by atoms with van der Waals surface area (Å²) in [6.07, 6.45) is 9.47. The van der Waals surface area contributed by atoms with Crippen LogP contribution in [0.1, 0.15) is 36.1 Å². The van der Waals surface area contributed by atoms with Gasteiger partial charge in [0.05, 0.1) is 0 Å². The molecule has 2 aliphatic rings. The number of nitrogens with zero attached hydrogens (tertiary/aromatic N) is 1. The van der Waals surface area contributed by atoms with Crippen LogP contribution < -0.4 is 5.32 Å². The third-order valence-electron chi connectivity index (χ3n) is 6.75. The molecule has 0 bridgehead atoms. The maximum atomic E-state index is 12.6. The van der Waals surface area contributed by atoms with Crippen molar-refractivity contribution in [1.82, 2.24) is 10.2 Å². The fraction of sp³-hybridized carbons (Fsp3) is 0.400. The lowest BCUT2D eigenvalue weighted by Gasteiger charge is -2.53. The Bertz CT molecular complexity index is 972. The molecule has 2 heterocycles. The Hall–Kier alpha value is -1.89.